The summed E-state index contributed by atoms with van der Waals surface area (Å²) in [6.45, 7) is 2.50. The highest BCUT2D eigenvalue weighted by atomic mass is 35.5. The van der Waals surface area contributed by atoms with Gasteiger partial charge in [0.1, 0.15) is 11.5 Å². The van der Waals surface area contributed by atoms with E-state index in [9.17, 15) is 8.42 Å². The second kappa shape index (κ2) is 7.84. The lowest BCUT2D eigenvalue weighted by Crippen LogP contribution is -2.34. The molecule has 8 heteroatoms. The van der Waals surface area contributed by atoms with Gasteiger partial charge in [-0.3, -0.25) is 0 Å². The maximum absolute atomic E-state index is 12.7. The zero-order valence-electron chi connectivity index (χ0n) is 12.2. The lowest BCUT2D eigenvalue weighted by Gasteiger charge is -2.20. The Morgan fingerprint density at radius 3 is 2.24 bits per heavy atom. The standard InChI is InChI=1S/C13H20N2O4S.ClH/c1-18-11-8-12(19-2)10-13(9-11)20(16,17)15-6-3-4-14-5-7-15;/h8-10,14H,3-7H2,1-2H3;1H. The molecule has 0 bridgehead atoms. The van der Waals surface area contributed by atoms with Gasteiger partial charge in [0, 0.05) is 37.8 Å². The summed E-state index contributed by atoms with van der Waals surface area (Å²) in [5, 5.41) is 3.19. The molecule has 0 spiro atoms. The Bertz CT molecular complexity index is 535. The lowest BCUT2D eigenvalue weighted by molar-refractivity contribution is 0.390. The van der Waals surface area contributed by atoms with E-state index in [2.05, 4.69) is 5.32 Å². The molecule has 2 rings (SSSR count). The molecule has 1 aliphatic heterocycles. The number of methoxy groups -OCH3 is 2. The van der Waals surface area contributed by atoms with Crippen LogP contribution in [0.1, 0.15) is 6.42 Å². The third-order valence-corrected chi connectivity index (χ3v) is 5.14. The zero-order chi connectivity index (χ0) is 14.6. The molecule has 0 atom stereocenters. The maximum atomic E-state index is 12.7. The van der Waals surface area contributed by atoms with Crippen molar-refractivity contribution in [3.05, 3.63) is 18.2 Å². The molecular weight excluding hydrogens is 316 g/mol. The first kappa shape index (κ1) is 18.0. The average molecular weight is 337 g/mol. The van der Waals surface area contributed by atoms with Crippen molar-refractivity contribution >= 4 is 22.4 Å². The van der Waals surface area contributed by atoms with Crippen LogP contribution in [0, 0.1) is 0 Å². The minimum Gasteiger partial charge on any atom is -0.497 e. The fourth-order valence-corrected chi connectivity index (χ4v) is 3.67. The van der Waals surface area contributed by atoms with Crippen molar-refractivity contribution in [2.75, 3.05) is 40.4 Å². The van der Waals surface area contributed by atoms with Crippen LogP contribution >= 0.6 is 12.4 Å². The zero-order valence-corrected chi connectivity index (χ0v) is 13.8. The van der Waals surface area contributed by atoms with Gasteiger partial charge in [0.05, 0.1) is 19.1 Å². The van der Waals surface area contributed by atoms with Gasteiger partial charge in [0.2, 0.25) is 10.0 Å². The number of nitrogens with zero attached hydrogens (tertiary/aromatic N) is 1. The van der Waals surface area contributed by atoms with Crippen LogP contribution < -0.4 is 14.8 Å². The van der Waals surface area contributed by atoms with Gasteiger partial charge in [-0.05, 0) is 13.0 Å². The summed E-state index contributed by atoms with van der Waals surface area (Å²) in [6, 6.07) is 4.70. The molecule has 1 saturated heterocycles. The minimum atomic E-state index is -3.52. The molecule has 6 nitrogen and oxygen atoms in total. The summed E-state index contributed by atoms with van der Waals surface area (Å²) < 4.78 is 37.1. The van der Waals surface area contributed by atoms with E-state index >= 15 is 0 Å². The van der Waals surface area contributed by atoms with Gasteiger partial charge in [-0.2, -0.15) is 4.31 Å². The van der Waals surface area contributed by atoms with Gasteiger partial charge < -0.3 is 14.8 Å². The van der Waals surface area contributed by atoms with Crippen molar-refractivity contribution in [3.8, 4) is 11.5 Å². The average Bonchev–Trinajstić information content (AvgIpc) is 2.76. The fraction of sp³-hybridized carbons (Fsp3) is 0.538. The second-order valence-electron chi connectivity index (χ2n) is 4.56. The van der Waals surface area contributed by atoms with Gasteiger partial charge in [-0.25, -0.2) is 8.42 Å². The number of benzene rings is 1. The third kappa shape index (κ3) is 4.23. The van der Waals surface area contributed by atoms with Gasteiger partial charge in [-0.1, -0.05) is 0 Å². The molecule has 1 aromatic rings. The Labute approximate surface area is 131 Å². The molecule has 0 amide bonds. The molecule has 1 N–H and O–H groups in total. The quantitative estimate of drug-likeness (QED) is 0.892. The van der Waals surface area contributed by atoms with Crippen molar-refractivity contribution in [1.29, 1.82) is 0 Å². The van der Waals surface area contributed by atoms with E-state index in [-0.39, 0.29) is 17.3 Å². The first-order valence-electron chi connectivity index (χ1n) is 6.52. The van der Waals surface area contributed by atoms with Crippen LogP contribution in [-0.2, 0) is 10.0 Å². The van der Waals surface area contributed by atoms with Crippen LogP contribution in [0.15, 0.2) is 23.1 Å². The Morgan fingerprint density at radius 2 is 1.67 bits per heavy atom. The van der Waals surface area contributed by atoms with Gasteiger partial charge in [0.15, 0.2) is 0 Å². The summed E-state index contributed by atoms with van der Waals surface area (Å²) in [5.41, 5.74) is 0. The van der Waals surface area contributed by atoms with E-state index in [1.807, 2.05) is 0 Å². The highest BCUT2D eigenvalue weighted by Crippen LogP contribution is 2.27. The first-order chi connectivity index (χ1) is 9.57. The van der Waals surface area contributed by atoms with Gasteiger partial charge in [-0.15, -0.1) is 12.4 Å². The van der Waals surface area contributed by atoms with Crippen LogP contribution in [0.25, 0.3) is 0 Å². The lowest BCUT2D eigenvalue weighted by atomic mass is 10.3. The SMILES string of the molecule is COc1cc(OC)cc(S(=O)(=O)N2CCCNCC2)c1.Cl. The molecule has 120 valence electrons. The molecule has 21 heavy (non-hydrogen) atoms. The molecule has 1 aliphatic rings. The van der Waals surface area contributed by atoms with Gasteiger partial charge >= 0.3 is 0 Å². The van der Waals surface area contributed by atoms with Crippen molar-refractivity contribution in [1.82, 2.24) is 9.62 Å². The molecule has 0 radical (unpaired) electrons. The monoisotopic (exact) mass is 336 g/mol. The smallest absolute Gasteiger partial charge is 0.243 e. The Kier molecular flexibility index (Phi) is 6.73. The molecule has 1 heterocycles. The number of nitrogens with one attached hydrogen (secondary N) is 1. The first-order valence-corrected chi connectivity index (χ1v) is 7.96. The fourth-order valence-electron chi connectivity index (χ4n) is 2.14. The van der Waals surface area contributed by atoms with Crippen molar-refractivity contribution in [2.45, 2.75) is 11.3 Å². The molecule has 1 fully saturated rings. The Balaban J connectivity index is 0.00000220. The van der Waals surface area contributed by atoms with Crippen molar-refractivity contribution < 1.29 is 17.9 Å². The van der Waals surface area contributed by atoms with Crippen LogP contribution in [0.2, 0.25) is 0 Å². The third-order valence-electron chi connectivity index (χ3n) is 3.26. The summed E-state index contributed by atoms with van der Waals surface area (Å²) in [4.78, 5) is 0.204. The summed E-state index contributed by atoms with van der Waals surface area (Å²) >= 11 is 0. The van der Waals surface area contributed by atoms with E-state index in [4.69, 9.17) is 9.47 Å². The van der Waals surface area contributed by atoms with Crippen LogP contribution in [0.5, 0.6) is 11.5 Å². The molecular formula is C13H21ClN2O4S. The maximum Gasteiger partial charge on any atom is 0.243 e. The molecule has 0 aromatic heterocycles. The minimum absolute atomic E-state index is 0. The Hall–Kier alpha value is -1.02. The highest BCUT2D eigenvalue weighted by molar-refractivity contribution is 7.89. The predicted molar refractivity (Wildman–Crippen MR) is 83.0 cm³/mol. The summed E-state index contributed by atoms with van der Waals surface area (Å²) in [7, 11) is -0.515. The van der Waals surface area contributed by atoms with E-state index in [0.717, 1.165) is 13.0 Å². The van der Waals surface area contributed by atoms with Crippen LogP contribution in [0.4, 0.5) is 0 Å². The summed E-state index contributed by atoms with van der Waals surface area (Å²) in [6.07, 6.45) is 0.806. The van der Waals surface area contributed by atoms with Crippen molar-refractivity contribution in [2.24, 2.45) is 0 Å². The normalized spacial score (nSPS) is 16.7. The van der Waals surface area contributed by atoms with E-state index in [1.165, 1.54) is 30.7 Å². The molecule has 0 unspecified atom stereocenters. The van der Waals surface area contributed by atoms with Crippen LogP contribution in [0.3, 0.4) is 0 Å². The number of hydrogen-bond donors (Lipinski definition) is 1. The van der Waals surface area contributed by atoms with E-state index in [0.29, 0.717) is 31.1 Å². The number of sulfonamides is 1. The van der Waals surface area contributed by atoms with E-state index in [1.54, 1.807) is 6.07 Å². The summed E-state index contributed by atoms with van der Waals surface area (Å²) in [5.74, 6) is 0.937. The van der Waals surface area contributed by atoms with Crippen LogP contribution in [-0.4, -0.2) is 53.1 Å². The van der Waals surface area contributed by atoms with E-state index < -0.39 is 10.0 Å². The number of hydrogen-bond acceptors (Lipinski definition) is 5. The highest BCUT2D eigenvalue weighted by Gasteiger charge is 2.26. The molecule has 0 aliphatic carbocycles. The topological polar surface area (TPSA) is 67.9 Å². The number of rotatable bonds is 4. The number of ether oxygens (including phenoxy) is 2. The van der Waals surface area contributed by atoms with Crippen molar-refractivity contribution in [3.63, 3.8) is 0 Å². The second-order valence-corrected chi connectivity index (χ2v) is 6.49. The van der Waals surface area contributed by atoms with Gasteiger partial charge in [0.25, 0.3) is 0 Å². The number of halogens is 1. The predicted octanol–water partition coefficient (Wildman–Crippen LogP) is 1.11. The molecule has 1 aromatic carbocycles. The molecule has 0 saturated carbocycles. The largest absolute Gasteiger partial charge is 0.497 e. The Morgan fingerprint density at radius 1 is 1.05 bits per heavy atom.